The lowest BCUT2D eigenvalue weighted by Crippen LogP contribution is -2.29. The van der Waals surface area contributed by atoms with Gasteiger partial charge in [-0.15, -0.1) is 0 Å². The highest BCUT2D eigenvalue weighted by Crippen LogP contribution is 2.39. The molecule has 0 spiro atoms. The van der Waals surface area contributed by atoms with Crippen LogP contribution in [0.2, 0.25) is 0 Å². The highest BCUT2D eigenvalue weighted by molar-refractivity contribution is 6.59. The van der Waals surface area contributed by atoms with Crippen molar-refractivity contribution in [2.75, 3.05) is 0 Å². The minimum Gasteiger partial charge on any atom is -0.423 e. The zero-order valence-corrected chi connectivity index (χ0v) is 40.1. The average molecular weight is 878 g/mol. The Hall–Kier alpha value is -5.30. The lowest BCUT2D eigenvalue weighted by atomic mass is 9.80. The van der Waals surface area contributed by atoms with E-state index in [1.54, 1.807) is 0 Å². The van der Waals surface area contributed by atoms with Crippen molar-refractivity contribution in [2.45, 2.75) is 156 Å². The van der Waals surface area contributed by atoms with E-state index < -0.39 is 7.12 Å². The summed E-state index contributed by atoms with van der Waals surface area (Å²) in [6.45, 7) is 9.87. The quantitative estimate of drug-likeness (QED) is 0.0469. The first-order valence-corrected chi connectivity index (χ1v) is 26.0. The van der Waals surface area contributed by atoms with Crippen molar-refractivity contribution in [1.29, 1.82) is 0 Å². The zero-order valence-electron chi connectivity index (χ0n) is 40.1. The van der Waals surface area contributed by atoms with Crippen LogP contribution in [-0.2, 0) is 19.6 Å². The third kappa shape index (κ3) is 9.60. The molecule has 3 heterocycles. The van der Waals surface area contributed by atoms with Crippen LogP contribution in [0, 0.1) is 0 Å². The van der Waals surface area contributed by atoms with Crippen molar-refractivity contribution in [3.05, 3.63) is 115 Å². The van der Waals surface area contributed by atoms with E-state index in [-0.39, 0.29) is 0 Å². The van der Waals surface area contributed by atoms with Gasteiger partial charge in [-0.2, -0.15) is 0 Å². The molecule has 0 radical (unpaired) electrons. The Bertz CT molecular complexity index is 3060. The monoisotopic (exact) mass is 878 g/mol. The van der Waals surface area contributed by atoms with Gasteiger partial charge >= 0.3 is 7.12 Å². The van der Waals surface area contributed by atoms with Crippen LogP contribution in [0.4, 0.5) is 0 Å². The summed E-state index contributed by atoms with van der Waals surface area (Å²) < 4.78 is 7.60. The summed E-state index contributed by atoms with van der Waals surface area (Å²) in [7, 11) is -1.51. The summed E-state index contributed by atoms with van der Waals surface area (Å²) >= 11 is 0. The molecule has 3 aromatic heterocycles. The Labute approximate surface area is 393 Å². The molecule has 342 valence electrons. The van der Waals surface area contributed by atoms with Gasteiger partial charge < -0.3 is 23.7 Å². The average Bonchev–Trinajstić information content (AvgIpc) is 3.95. The molecule has 0 aliphatic rings. The molecular weight excluding hydrogens is 805 g/mol. The van der Waals surface area contributed by atoms with E-state index in [1.165, 1.54) is 181 Å². The number of benzene rings is 6. The highest BCUT2D eigenvalue weighted by atomic mass is 16.4. The molecule has 66 heavy (non-hydrogen) atoms. The Balaban J connectivity index is 1.10. The van der Waals surface area contributed by atoms with E-state index in [0.717, 1.165) is 42.3 Å². The number of nitrogens with zero attached hydrogens (tertiary/aromatic N) is 3. The number of rotatable bonds is 24. The minimum atomic E-state index is -1.51. The molecule has 5 nitrogen and oxygen atoms in total. The van der Waals surface area contributed by atoms with E-state index in [9.17, 15) is 10.0 Å². The Morgan fingerprint density at radius 1 is 0.318 bits per heavy atom. The van der Waals surface area contributed by atoms with Crippen LogP contribution in [0.3, 0.4) is 0 Å². The molecule has 0 saturated carbocycles. The predicted octanol–water partition coefficient (Wildman–Crippen LogP) is 16.1. The number of aryl methyl sites for hydroxylation is 3. The van der Waals surface area contributed by atoms with Crippen LogP contribution >= 0.6 is 0 Å². The second kappa shape index (κ2) is 21.6. The zero-order chi connectivity index (χ0) is 45.4. The van der Waals surface area contributed by atoms with Crippen molar-refractivity contribution < 1.29 is 10.0 Å². The van der Waals surface area contributed by atoms with Crippen molar-refractivity contribution in [3.63, 3.8) is 0 Å². The minimum absolute atomic E-state index is 0.528. The van der Waals surface area contributed by atoms with Crippen LogP contribution in [0.15, 0.2) is 115 Å². The van der Waals surface area contributed by atoms with Crippen LogP contribution in [0.5, 0.6) is 0 Å². The molecule has 0 aliphatic carbocycles. The fourth-order valence-electron chi connectivity index (χ4n) is 11.0. The second-order valence-corrected chi connectivity index (χ2v) is 19.4. The summed E-state index contributed by atoms with van der Waals surface area (Å²) in [5, 5.41) is 27.9. The Morgan fingerprint density at radius 2 is 0.621 bits per heavy atom. The Kier molecular flexibility index (Phi) is 15.0. The lowest BCUT2D eigenvalue weighted by Gasteiger charge is -2.10. The predicted molar refractivity (Wildman–Crippen MR) is 286 cm³/mol. The van der Waals surface area contributed by atoms with Gasteiger partial charge in [-0.3, -0.25) is 0 Å². The number of hydrogen-bond acceptors (Lipinski definition) is 2. The maximum Gasteiger partial charge on any atom is 0.488 e. The van der Waals surface area contributed by atoms with Gasteiger partial charge in [-0.25, -0.2) is 0 Å². The Morgan fingerprint density at radius 3 is 1.00 bits per heavy atom. The summed E-state index contributed by atoms with van der Waals surface area (Å²) in [5.74, 6) is 0. The number of fused-ring (bicyclic) bond motifs is 9. The fraction of sp³-hybridized carbons (Fsp3) is 0.400. The molecular formula is C60H72BN3O2. The molecule has 0 fully saturated rings. The van der Waals surface area contributed by atoms with E-state index in [1.807, 2.05) is 12.1 Å². The van der Waals surface area contributed by atoms with Gasteiger partial charge in [0.15, 0.2) is 0 Å². The molecule has 0 saturated heterocycles. The normalized spacial score (nSPS) is 12.1. The van der Waals surface area contributed by atoms with Crippen molar-refractivity contribution in [2.24, 2.45) is 0 Å². The van der Waals surface area contributed by atoms with Crippen molar-refractivity contribution in [3.8, 4) is 22.3 Å². The molecule has 0 unspecified atom stereocenters. The standard InChI is InChI=1S/C60H72BN3O2/c1-4-7-10-13-16-21-36-62-55-25-20-19-24-49(55)50-39-44(26-31-56(50)62)45-27-32-57-51(40-45)52-41-46(28-33-58(52)63(57)37-22-17-14-11-8-5-2)47-29-34-59-53(42-47)54-43-48(61(65)66)30-35-60(54)64(59)38-23-18-15-12-9-6-3/h19-20,24-35,39-43,65-66H,4-18,21-23,36-38H2,1-3H3. The number of hydrogen-bond donors (Lipinski definition) is 2. The molecule has 0 aliphatic heterocycles. The van der Waals surface area contributed by atoms with E-state index >= 15 is 0 Å². The second-order valence-electron chi connectivity index (χ2n) is 19.4. The molecule has 6 aromatic carbocycles. The van der Waals surface area contributed by atoms with Crippen LogP contribution in [0.1, 0.15) is 136 Å². The number of aromatic nitrogens is 3. The van der Waals surface area contributed by atoms with Gasteiger partial charge in [-0.1, -0.05) is 172 Å². The summed E-state index contributed by atoms with van der Waals surface area (Å²) in [6, 6.07) is 43.3. The molecule has 0 bridgehead atoms. The molecule has 6 heteroatoms. The first-order valence-electron chi connectivity index (χ1n) is 26.0. The van der Waals surface area contributed by atoms with Crippen LogP contribution in [0.25, 0.3) is 87.7 Å². The van der Waals surface area contributed by atoms with Gasteiger partial charge in [0.05, 0.1) is 0 Å². The van der Waals surface area contributed by atoms with E-state index in [2.05, 4.69) is 138 Å². The van der Waals surface area contributed by atoms with Crippen LogP contribution in [-0.4, -0.2) is 30.9 Å². The fourth-order valence-corrected chi connectivity index (χ4v) is 11.0. The SMILES string of the molecule is CCCCCCCCn1c2ccccc2c2cc(-c3ccc4c(c3)c3cc(-c5ccc6c(c5)c5cc(B(O)O)ccc5n6CCCCCCCC)ccc3n4CCCCCCCC)ccc21. The molecule has 0 amide bonds. The third-order valence-corrected chi connectivity index (χ3v) is 14.7. The maximum atomic E-state index is 10.2. The van der Waals surface area contributed by atoms with E-state index in [4.69, 9.17) is 0 Å². The first-order chi connectivity index (χ1) is 32.5. The molecule has 9 rings (SSSR count). The molecule has 9 aromatic rings. The van der Waals surface area contributed by atoms with E-state index in [0.29, 0.717) is 5.46 Å². The van der Waals surface area contributed by atoms with Crippen molar-refractivity contribution in [1.82, 2.24) is 13.7 Å². The topological polar surface area (TPSA) is 55.2 Å². The van der Waals surface area contributed by atoms with Gasteiger partial charge in [0, 0.05) is 85.1 Å². The van der Waals surface area contributed by atoms with Gasteiger partial charge in [0.1, 0.15) is 0 Å². The number of unbranched alkanes of at least 4 members (excludes halogenated alkanes) is 15. The van der Waals surface area contributed by atoms with Crippen LogP contribution < -0.4 is 5.46 Å². The van der Waals surface area contributed by atoms with Gasteiger partial charge in [0.25, 0.3) is 0 Å². The van der Waals surface area contributed by atoms with Gasteiger partial charge in [0.2, 0.25) is 0 Å². The maximum absolute atomic E-state index is 10.2. The smallest absolute Gasteiger partial charge is 0.423 e. The number of para-hydroxylation sites is 1. The summed E-state index contributed by atoms with van der Waals surface area (Å²) in [4.78, 5) is 0. The molecule has 2 N–H and O–H groups in total. The summed E-state index contributed by atoms with van der Waals surface area (Å²) in [6.07, 6.45) is 22.9. The van der Waals surface area contributed by atoms with Crippen molar-refractivity contribution >= 4 is 78.0 Å². The summed E-state index contributed by atoms with van der Waals surface area (Å²) in [5.41, 5.74) is 13.0. The molecule has 0 atom stereocenters. The first kappa shape index (κ1) is 45.8. The van der Waals surface area contributed by atoms with Gasteiger partial charge in [-0.05, 0) is 108 Å². The largest absolute Gasteiger partial charge is 0.488 e. The highest BCUT2D eigenvalue weighted by Gasteiger charge is 2.19. The third-order valence-electron chi connectivity index (χ3n) is 14.7. The lowest BCUT2D eigenvalue weighted by molar-refractivity contribution is 0.426.